The van der Waals surface area contributed by atoms with Crippen LogP contribution in [0, 0.1) is 5.92 Å². The number of rotatable bonds is 5. The van der Waals surface area contributed by atoms with E-state index in [9.17, 15) is 0 Å². The number of hydrogen-bond donors (Lipinski definition) is 2. The molecule has 2 unspecified atom stereocenters. The van der Waals surface area contributed by atoms with E-state index in [1.807, 2.05) is 11.6 Å². The number of hydrogen-bond acceptors (Lipinski definition) is 4. The molecule has 1 saturated carbocycles. The van der Waals surface area contributed by atoms with Crippen LogP contribution in [0.1, 0.15) is 31.7 Å². The normalized spacial score (nSPS) is 27.0. The fraction of sp³-hybridized carbons (Fsp3) is 0.733. The quantitative estimate of drug-likeness (QED) is 0.642. The number of guanidine groups is 1. The van der Waals surface area contributed by atoms with Crippen molar-refractivity contribution in [1.29, 1.82) is 0 Å². The molecule has 0 amide bonds. The molecule has 2 N–H and O–H groups in total. The van der Waals surface area contributed by atoms with Gasteiger partial charge < -0.3 is 10.6 Å². The third-order valence-corrected chi connectivity index (χ3v) is 4.99. The summed E-state index contributed by atoms with van der Waals surface area (Å²) in [6.07, 6.45) is 4.61. The molecule has 1 aliphatic carbocycles. The van der Waals surface area contributed by atoms with E-state index in [1.54, 1.807) is 11.3 Å². The molecule has 116 valence electrons. The Morgan fingerprint density at radius 3 is 3.00 bits per heavy atom. The Balaban J connectivity index is 1.57. The second-order valence-electron chi connectivity index (χ2n) is 6.03. The standard InChI is InChI=1S/C15H25N5S/c1-3-16-15(18-8-14-17-6-7-21-14)19-13-10-20(9-11(13)2)12-4-5-12/h6-7,11-13H,3-5,8-10H2,1-2H3,(H2,16,18,19). The van der Waals surface area contributed by atoms with Gasteiger partial charge >= 0.3 is 0 Å². The van der Waals surface area contributed by atoms with Crippen molar-refractivity contribution < 1.29 is 0 Å². The molecule has 0 bridgehead atoms. The van der Waals surface area contributed by atoms with Gasteiger partial charge in [0.05, 0.1) is 6.54 Å². The lowest BCUT2D eigenvalue weighted by atomic mass is 10.1. The molecule has 0 aromatic carbocycles. The highest BCUT2D eigenvalue weighted by Gasteiger charge is 2.38. The minimum absolute atomic E-state index is 0.500. The van der Waals surface area contributed by atoms with Gasteiger partial charge in [-0.25, -0.2) is 9.98 Å². The molecule has 0 radical (unpaired) electrons. The van der Waals surface area contributed by atoms with E-state index in [2.05, 4.69) is 39.4 Å². The molecule has 2 atom stereocenters. The molecule has 1 aromatic rings. The van der Waals surface area contributed by atoms with Gasteiger partial charge in [-0.3, -0.25) is 4.90 Å². The number of nitrogens with zero attached hydrogens (tertiary/aromatic N) is 3. The first-order chi connectivity index (χ1) is 10.3. The topological polar surface area (TPSA) is 52.6 Å². The summed E-state index contributed by atoms with van der Waals surface area (Å²) in [6, 6.07) is 1.36. The summed E-state index contributed by atoms with van der Waals surface area (Å²) in [4.78, 5) is 11.6. The van der Waals surface area contributed by atoms with Gasteiger partial charge in [-0.1, -0.05) is 6.92 Å². The monoisotopic (exact) mass is 307 g/mol. The molecule has 2 fully saturated rings. The number of likely N-dealkylation sites (tertiary alicyclic amines) is 1. The maximum Gasteiger partial charge on any atom is 0.191 e. The Morgan fingerprint density at radius 2 is 2.33 bits per heavy atom. The first-order valence-electron chi connectivity index (χ1n) is 7.93. The molecule has 2 aliphatic rings. The second kappa shape index (κ2) is 6.75. The number of nitrogens with one attached hydrogen (secondary N) is 2. The largest absolute Gasteiger partial charge is 0.357 e. The van der Waals surface area contributed by atoms with Crippen molar-refractivity contribution in [2.45, 2.75) is 45.3 Å². The van der Waals surface area contributed by atoms with Crippen LogP contribution in [-0.2, 0) is 6.54 Å². The third kappa shape index (κ3) is 3.95. The van der Waals surface area contributed by atoms with Crippen molar-refractivity contribution in [2.75, 3.05) is 19.6 Å². The molecule has 21 heavy (non-hydrogen) atoms. The van der Waals surface area contributed by atoms with Crippen LogP contribution in [0.5, 0.6) is 0 Å². The summed E-state index contributed by atoms with van der Waals surface area (Å²) in [5.41, 5.74) is 0. The average Bonchev–Trinajstić information content (AvgIpc) is 3.07. The van der Waals surface area contributed by atoms with Gasteiger partial charge in [0.2, 0.25) is 0 Å². The van der Waals surface area contributed by atoms with Crippen molar-refractivity contribution in [3.8, 4) is 0 Å². The van der Waals surface area contributed by atoms with Crippen molar-refractivity contribution in [2.24, 2.45) is 10.9 Å². The van der Waals surface area contributed by atoms with Crippen LogP contribution in [-0.4, -0.2) is 47.6 Å². The van der Waals surface area contributed by atoms with Gasteiger partial charge in [0.1, 0.15) is 5.01 Å². The Labute approximate surface area is 130 Å². The Hall–Kier alpha value is -1.14. The van der Waals surface area contributed by atoms with E-state index in [-0.39, 0.29) is 0 Å². The summed E-state index contributed by atoms with van der Waals surface area (Å²) in [7, 11) is 0. The molecule has 1 saturated heterocycles. The molecular weight excluding hydrogens is 282 g/mol. The zero-order chi connectivity index (χ0) is 14.7. The maximum absolute atomic E-state index is 4.66. The molecule has 5 nitrogen and oxygen atoms in total. The lowest BCUT2D eigenvalue weighted by molar-refractivity contribution is 0.315. The van der Waals surface area contributed by atoms with Crippen molar-refractivity contribution in [3.05, 3.63) is 16.6 Å². The Bertz CT molecular complexity index is 468. The average molecular weight is 307 g/mol. The van der Waals surface area contributed by atoms with E-state index in [0.29, 0.717) is 18.5 Å². The minimum atomic E-state index is 0.500. The van der Waals surface area contributed by atoms with Crippen LogP contribution in [0.2, 0.25) is 0 Å². The van der Waals surface area contributed by atoms with E-state index in [0.717, 1.165) is 30.1 Å². The summed E-state index contributed by atoms with van der Waals surface area (Å²) < 4.78 is 0. The molecule has 1 aromatic heterocycles. The molecule has 0 spiro atoms. The lowest BCUT2D eigenvalue weighted by Crippen LogP contribution is -2.46. The fourth-order valence-electron chi connectivity index (χ4n) is 2.90. The van der Waals surface area contributed by atoms with E-state index < -0.39 is 0 Å². The SMILES string of the molecule is CCNC(=NCc1nccs1)NC1CN(C2CC2)CC1C. The number of aliphatic imine (C=N–C) groups is 1. The van der Waals surface area contributed by atoms with Gasteiger partial charge in [-0.2, -0.15) is 0 Å². The predicted octanol–water partition coefficient (Wildman–Crippen LogP) is 1.68. The zero-order valence-corrected chi connectivity index (χ0v) is 13.7. The summed E-state index contributed by atoms with van der Waals surface area (Å²) in [5.74, 6) is 1.59. The first-order valence-corrected chi connectivity index (χ1v) is 8.81. The highest BCUT2D eigenvalue weighted by molar-refractivity contribution is 7.09. The number of aromatic nitrogens is 1. The van der Waals surface area contributed by atoms with Crippen LogP contribution in [0.4, 0.5) is 0 Å². The van der Waals surface area contributed by atoms with Crippen LogP contribution < -0.4 is 10.6 Å². The fourth-order valence-corrected chi connectivity index (χ4v) is 3.44. The van der Waals surface area contributed by atoms with Gasteiger partial charge in [-0.15, -0.1) is 11.3 Å². The van der Waals surface area contributed by atoms with Crippen LogP contribution >= 0.6 is 11.3 Å². The highest BCUT2D eigenvalue weighted by atomic mass is 32.1. The van der Waals surface area contributed by atoms with Crippen LogP contribution in [0.25, 0.3) is 0 Å². The smallest absolute Gasteiger partial charge is 0.191 e. The predicted molar refractivity (Wildman–Crippen MR) is 87.6 cm³/mol. The number of thiazole rings is 1. The maximum atomic E-state index is 4.66. The third-order valence-electron chi connectivity index (χ3n) is 4.23. The van der Waals surface area contributed by atoms with Crippen LogP contribution in [0.15, 0.2) is 16.6 Å². The van der Waals surface area contributed by atoms with Gasteiger partial charge in [0.15, 0.2) is 5.96 Å². The van der Waals surface area contributed by atoms with Crippen molar-refractivity contribution >= 4 is 17.3 Å². The molecule has 2 heterocycles. The van der Waals surface area contributed by atoms with E-state index in [4.69, 9.17) is 0 Å². The Kier molecular flexibility index (Phi) is 4.75. The second-order valence-corrected chi connectivity index (χ2v) is 7.01. The van der Waals surface area contributed by atoms with Crippen molar-refractivity contribution in [3.63, 3.8) is 0 Å². The van der Waals surface area contributed by atoms with E-state index in [1.165, 1.54) is 19.4 Å². The molecule has 3 rings (SSSR count). The Morgan fingerprint density at radius 1 is 1.48 bits per heavy atom. The summed E-state index contributed by atoms with van der Waals surface area (Å²) in [6.45, 7) is 8.35. The van der Waals surface area contributed by atoms with Gasteiger partial charge in [0, 0.05) is 43.3 Å². The first kappa shape index (κ1) is 14.8. The van der Waals surface area contributed by atoms with Gasteiger partial charge in [0.25, 0.3) is 0 Å². The molecular formula is C15H25N5S. The van der Waals surface area contributed by atoms with Gasteiger partial charge in [-0.05, 0) is 25.7 Å². The lowest BCUT2D eigenvalue weighted by Gasteiger charge is -2.20. The van der Waals surface area contributed by atoms with Crippen molar-refractivity contribution in [1.82, 2.24) is 20.5 Å². The van der Waals surface area contributed by atoms with E-state index >= 15 is 0 Å². The summed E-state index contributed by atoms with van der Waals surface area (Å²) in [5, 5.41) is 10.0. The zero-order valence-electron chi connectivity index (χ0n) is 12.9. The highest BCUT2D eigenvalue weighted by Crippen LogP contribution is 2.31. The minimum Gasteiger partial charge on any atom is -0.357 e. The van der Waals surface area contributed by atoms with Crippen LogP contribution in [0.3, 0.4) is 0 Å². The molecule has 1 aliphatic heterocycles. The summed E-state index contributed by atoms with van der Waals surface area (Å²) >= 11 is 1.66. The molecule has 6 heteroatoms.